The van der Waals surface area contributed by atoms with Gasteiger partial charge in [0.2, 0.25) is 0 Å². The van der Waals surface area contributed by atoms with Gasteiger partial charge in [0.25, 0.3) is 5.91 Å². The van der Waals surface area contributed by atoms with E-state index in [-0.39, 0.29) is 17.0 Å². The number of aromatic hydroxyl groups is 1. The molecule has 7 heteroatoms. The fraction of sp³-hybridized carbons (Fsp3) is 0.0667. The molecule has 0 aromatic heterocycles. The summed E-state index contributed by atoms with van der Waals surface area (Å²) in [6.07, 6.45) is 0. The zero-order chi connectivity index (χ0) is 16.0. The molecule has 0 spiro atoms. The molecule has 4 nitrogen and oxygen atoms in total. The van der Waals surface area contributed by atoms with E-state index in [2.05, 4.69) is 0 Å². The largest absolute Gasteiger partial charge is 0.508 e. The maximum absolute atomic E-state index is 13.9. The van der Waals surface area contributed by atoms with Gasteiger partial charge >= 0.3 is 0 Å². The van der Waals surface area contributed by atoms with E-state index in [9.17, 15) is 28.3 Å². The highest BCUT2D eigenvalue weighted by Gasteiger charge is 2.42. The molecule has 0 saturated carbocycles. The molecule has 22 heavy (non-hydrogen) atoms. The van der Waals surface area contributed by atoms with Gasteiger partial charge in [-0.3, -0.25) is 9.69 Å². The number of nitriles is 1. The van der Waals surface area contributed by atoms with Gasteiger partial charge in [0.05, 0.1) is 11.6 Å². The van der Waals surface area contributed by atoms with Gasteiger partial charge < -0.3 is 5.11 Å². The third-order valence-electron chi connectivity index (χ3n) is 3.43. The Labute approximate surface area is 122 Å². The van der Waals surface area contributed by atoms with E-state index in [0.717, 1.165) is 4.90 Å². The number of halogens is 3. The zero-order valence-corrected chi connectivity index (χ0v) is 10.8. The first-order chi connectivity index (χ1) is 10.5. The fourth-order valence-electron chi connectivity index (χ4n) is 2.43. The van der Waals surface area contributed by atoms with E-state index >= 15 is 0 Å². The summed E-state index contributed by atoms with van der Waals surface area (Å²) in [6.45, 7) is 0. The molecule has 1 aliphatic rings. The third kappa shape index (κ3) is 1.81. The molecule has 2 aromatic carbocycles. The number of rotatable bonds is 1. The van der Waals surface area contributed by atoms with Crippen molar-refractivity contribution in [3.8, 4) is 11.8 Å². The normalized spacial score (nSPS) is 16.5. The molecule has 0 fully saturated rings. The molecule has 0 aliphatic carbocycles. The number of phenols is 1. The summed E-state index contributed by atoms with van der Waals surface area (Å²) in [5.74, 6) is -5.83. The van der Waals surface area contributed by atoms with Crippen molar-refractivity contribution in [3.05, 3.63) is 58.9 Å². The third-order valence-corrected chi connectivity index (χ3v) is 3.43. The minimum absolute atomic E-state index is 0.0651. The molecule has 0 radical (unpaired) electrons. The molecule has 1 atom stereocenters. The highest BCUT2D eigenvalue weighted by molar-refractivity contribution is 6.11. The number of amides is 1. The van der Waals surface area contributed by atoms with Gasteiger partial charge in [-0.05, 0) is 30.3 Å². The van der Waals surface area contributed by atoms with E-state index in [4.69, 9.17) is 0 Å². The Bertz CT molecular complexity index is 828. The average molecular weight is 304 g/mol. The lowest BCUT2D eigenvalue weighted by Crippen LogP contribution is -2.27. The second-order valence-electron chi connectivity index (χ2n) is 4.67. The van der Waals surface area contributed by atoms with Crippen LogP contribution in [0.2, 0.25) is 0 Å². The molecule has 1 unspecified atom stereocenters. The fourth-order valence-corrected chi connectivity index (χ4v) is 2.43. The van der Waals surface area contributed by atoms with Crippen molar-refractivity contribution < 1.29 is 23.1 Å². The first-order valence-corrected chi connectivity index (χ1v) is 6.15. The molecular weight excluding hydrogens is 297 g/mol. The standard InChI is InChI=1S/C15H7F3N2O2/c16-10-5-9-11(6-19)20(7-1-3-8(21)4-2-7)15(22)12(9)14(18)13(10)17/h1-5,11,21H. The van der Waals surface area contributed by atoms with Gasteiger partial charge in [-0.25, -0.2) is 13.2 Å². The molecule has 3 rings (SSSR count). The summed E-state index contributed by atoms with van der Waals surface area (Å²) in [4.78, 5) is 13.2. The van der Waals surface area contributed by atoms with Crippen molar-refractivity contribution >= 4 is 11.6 Å². The van der Waals surface area contributed by atoms with Gasteiger partial charge in [-0.15, -0.1) is 0 Å². The Kier molecular flexibility index (Phi) is 3.03. The number of hydrogen-bond acceptors (Lipinski definition) is 3. The molecule has 2 aromatic rings. The van der Waals surface area contributed by atoms with Crippen molar-refractivity contribution in [1.82, 2.24) is 0 Å². The first kappa shape index (κ1) is 13.9. The molecule has 0 bridgehead atoms. The van der Waals surface area contributed by atoms with Crippen LogP contribution in [0.25, 0.3) is 0 Å². The smallest absolute Gasteiger partial charge is 0.263 e. The van der Waals surface area contributed by atoms with Crippen molar-refractivity contribution in [1.29, 1.82) is 5.26 Å². The summed E-state index contributed by atoms with van der Waals surface area (Å²) in [6, 6.07) is 6.38. The monoisotopic (exact) mass is 304 g/mol. The molecule has 0 saturated heterocycles. The Balaban J connectivity index is 2.20. The number of fused-ring (bicyclic) bond motifs is 1. The van der Waals surface area contributed by atoms with Crippen molar-refractivity contribution in [2.45, 2.75) is 6.04 Å². The Hall–Kier alpha value is -3.01. The van der Waals surface area contributed by atoms with Gasteiger partial charge in [-0.2, -0.15) is 5.26 Å². The van der Waals surface area contributed by atoms with Crippen LogP contribution in [0.5, 0.6) is 5.75 Å². The minimum atomic E-state index is -1.75. The maximum atomic E-state index is 13.9. The second kappa shape index (κ2) is 4.77. The second-order valence-corrected chi connectivity index (χ2v) is 4.67. The van der Waals surface area contributed by atoms with Crippen LogP contribution >= 0.6 is 0 Å². The number of carbonyl (C=O) groups is 1. The average Bonchev–Trinajstić information content (AvgIpc) is 2.78. The van der Waals surface area contributed by atoms with Crippen LogP contribution in [0.15, 0.2) is 30.3 Å². The van der Waals surface area contributed by atoms with Gasteiger partial charge in [0.15, 0.2) is 23.5 Å². The van der Waals surface area contributed by atoms with Crippen LogP contribution in [0.3, 0.4) is 0 Å². The van der Waals surface area contributed by atoms with Crippen molar-refractivity contribution in [2.24, 2.45) is 0 Å². The quantitative estimate of drug-likeness (QED) is 0.824. The van der Waals surface area contributed by atoms with Crippen LogP contribution in [-0.2, 0) is 0 Å². The lowest BCUT2D eigenvalue weighted by molar-refractivity contribution is 0.0990. The van der Waals surface area contributed by atoms with Crippen LogP contribution in [0.1, 0.15) is 22.0 Å². The Morgan fingerprint density at radius 2 is 1.77 bits per heavy atom. The van der Waals surface area contributed by atoms with Crippen LogP contribution in [0, 0.1) is 28.8 Å². The van der Waals surface area contributed by atoms with E-state index in [1.54, 1.807) is 6.07 Å². The highest BCUT2D eigenvalue weighted by atomic mass is 19.2. The predicted octanol–water partition coefficient (Wildman–Crippen LogP) is 3.03. The first-order valence-electron chi connectivity index (χ1n) is 6.15. The van der Waals surface area contributed by atoms with E-state index in [1.165, 1.54) is 24.3 Å². The molecule has 1 heterocycles. The van der Waals surface area contributed by atoms with E-state index in [1.807, 2.05) is 0 Å². The molecule has 1 N–H and O–H groups in total. The Morgan fingerprint density at radius 1 is 1.14 bits per heavy atom. The summed E-state index contributed by atoms with van der Waals surface area (Å²) >= 11 is 0. The van der Waals surface area contributed by atoms with Crippen molar-refractivity contribution in [3.63, 3.8) is 0 Å². The number of carbonyl (C=O) groups excluding carboxylic acids is 1. The number of anilines is 1. The Morgan fingerprint density at radius 3 is 2.36 bits per heavy atom. The van der Waals surface area contributed by atoms with Gasteiger partial charge in [0, 0.05) is 11.3 Å². The number of hydrogen-bond donors (Lipinski definition) is 1. The molecule has 110 valence electrons. The predicted molar refractivity (Wildman–Crippen MR) is 69.6 cm³/mol. The number of nitrogens with zero attached hydrogens (tertiary/aromatic N) is 2. The van der Waals surface area contributed by atoms with Crippen LogP contribution < -0.4 is 4.90 Å². The lowest BCUT2D eigenvalue weighted by Gasteiger charge is -2.20. The minimum Gasteiger partial charge on any atom is -0.508 e. The molecule has 1 amide bonds. The number of benzene rings is 2. The van der Waals surface area contributed by atoms with Crippen LogP contribution in [0.4, 0.5) is 18.9 Å². The van der Waals surface area contributed by atoms with E-state index in [0.29, 0.717) is 6.07 Å². The van der Waals surface area contributed by atoms with Gasteiger partial charge in [-0.1, -0.05) is 0 Å². The molecule has 1 aliphatic heterocycles. The van der Waals surface area contributed by atoms with Gasteiger partial charge in [0.1, 0.15) is 5.75 Å². The summed E-state index contributed by atoms with van der Waals surface area (Å²) < 4.78 is 40.6. The maximum Gasteiger partial charge on any atom is 0.263 e. The highest BCUT2D eigenvalue weighted by Crippen LogP contribution is 2.39. The number of phenolic OH excluding ortho intramolecular Hbond substituents is 1. The SMILES string of the molecule is N#CC1c2cc(F)c(F)c(F)c2C(=O)N1c1ccc(O)cc1. The van der Waals surface area contributed by atoms with Crippen LogP contribution in [-0.4, -0.2) is 11.0 Å². The van der Waals surface area contributed by atoms with E-state index < -0.39 is 35.0 Å². The zero-order valence-electron chi connectivity index (χ0n) is 10.8. The lowest BCUT2D eigenvalue weighted by atomic mass is 10.0. The summed E-state index contributed by atoms with van der Waals surface area (Å²) in [7, 11) is 0. The molecular formula is C15H7F3N2O2. The summed E-state index contributed by atoms with van der Waals surface area (Å²) in [5.41, 5.74) is -0.679. The topological polar surface area (TPSA) is 64.3 Å². The summed E-state index contributed by atoms with van der Waals surface area (Å²) in [5, 5.41) is 18.5. The van der Waals surface area contributed by atoms with Crippen molar-refractivity contribution in [2.75, 3.05) is 4.90 Å².